The van der Waals surface area contributed by atoms with Gasteiger partial charge >= 0.3 is 6.36 Å². The minimum Gasteiger partial charge on any atom is -0.406 e. The van der Waals surface area contributed by atoms with Gasteiger partial charge < -0.3 is 10.5 Å². The molecule has 2 rings (SSSR count). The van der Waals surface area contributed by atoms with Crippen molar-refractivity contribution in [2.24, 2.45) is 5.73 Å². The van der Waals surface area contributed by atoms with Crippen molar-refractivity contribution in [3.8, 4) is 5.75 Å². The highest BCUT2D eigenvalue weighted by molar-refractivity contribution is 9.10. The Morgan fingerprint density at radius 2 is 1.95 bits per heavy atom. The molecule has 1 atom stereocenters. The summed E-state index contributed by atoms with van der Waals surface area (Å²) in [7, 11) is 0. The van der Waals surface area contributed by atoms with Crippen LogP contribution in [0.1, 0.15) is 16.5 Å². The van der Waals surface area contributed by atoms with Crippen molar-refractivity contribution >= 4 is 39.7 Å². The molecule has 2 nitrogen and oxygen atoms in total. The molecule has 110 valence electrons. The van der Waals surface area contributed by atoms with Crippen LogP contribution in [0.5, 0.6) is 5.75 Å². The van der Waals surface area contributed by atoms with Gasteiger partial charge in [-0.15, -0.1) is 36.9 Å². The lowest BCUT2D eigenvalue weighted by Crippen LogP contribution is -2.18. The van der Waals surface area contributed by atoms with E-state index in [-0.39, 0.29) is 18.2 Å². The first-order valence-corrected chi connectivity index (χ1v) is 6.87. The third kappa shape index (κ3) is 4.66. The molecule has 0 aliphatic rings. The SMILES string of the molecule is Cl.N[C@H](c1cc(Br)cc(OC(F)(F)F)c1)c1cccs1. The summed E-state index contributed by atoms with van der Waals surface area (Å²) in [5.74, 6) is -0.288. The predicted molar refractivity (Wildman–Crippen MR) is 78.4 cm³/mol. The first-order valence-electron chi connectivity index (χ1n) is 5.20. The fourth-order valence-electron chi connectivity index (χ4n) is 1.59. The number of hydrogen-bond acceptors (Lipinski definition) is 3. The third-order valence-corrected chi connectivity index (χ3v) is 3.75. The third-order valence-electron chi connectivity index (χ3n) is 2.34. The molecule has 0 saturated heterocycles. The van der Waals surface area contributed by atoms with Gasteiger partial charge in [-0.3, -0.25) is 0 Å². The summed E-state index contributed by atoms with van der Waals surface area (Å²) in [6.45, 7) is 0. The van der Waals surface area contributed by atoms with Crippen LogP contribution in [0.3, 0.4) is 0 Å². The maximum Gasteiger partial charge on any atom is 0.573 e. The Bertz CT molecular complexity index is 562. The van der Waals surface area contributed by atoms with Gasteiger partial charge in [0.25, 0.3) is 0 Å². The van der Waals surface area contributed by atoms with Crippen molar-refractivity contribution in [3.05, 3.63) is 50.6 Å². The molecule has 0 aliphatic carbocycles. The number of alkyl halides is 3. The number of ether oxygens (including phenoxy) is 1. The van der Waals surface area contributed by atoms with Crippen molar-refractivity contribution in [1.29, 1.82) is 0 Å². The van der Waals surface area contributed by atoms with Crippen LogP contribution in [0, 0.1) is 0 Å². The summed E-state index contributed by atoms with van der Waals surface area (Å²) in [5, 5.41) is 1.86. The van der Waals surface area contributed by atoms with Crippen molar-refractivity contribution in [1.82, 2.24) is 0 Å². The molecule has 2 aromatic rings. The van der Waals surface area contributed by atoms with E-state index in [0.29, 0.717) is 10.0 Å². The number of rotatable bonds is 3. The first-order chi connectivity index (χ1) is 8.85. The molecule has 0 bridgehead atoms. The van der Waals surface area contributed by atoms with E-state index >= 15 is 0 Å². The molecule has 0 fully saturated rings. The van der Waals surface area contributed by atoms with Gasteiger partial charge in [0.1, 0.15) is 5.75 Å². The van der Waals surface area contributed by atoms with Gasteiger partial charge in [-0.05, 0) is 35.2 Å². The lowest BCUT2D eigenvalue weighted by molar-refractivity contribution is -0.274. The fraction of sp³-hybridized carbons (Fsp3) is 0.167. The Morgan fingerprint density at radius 1 is 1.25 bits per heavy atom. The maximum atomic E-state index is 12.2. The van der Waals surface area contributed by atoms with Crippen LogP contribution in [-0.2, 0) is 0 Å². The average Bonchev–Trinajstić information content (AvgIpc) is 2.77. The molecule has 2 N–H and O–H groups in total. The highest BCUT2D eigenvalue weighted by atomic mass is 79.9. The van der Waals surface area contributed by atoms with Gasteiger partial charge in [-0.1, -0.05) is 22.0 Å². The smallest absolute Gasteiger partial charge is 0.406 e. The van der Waals surface area contributed by atoms with Crippen molar-refractivity contribution < 1.29 is 17.9 Å². The molecular weight excluding hydrogens is 379 g/mol. The van der Waals surface area contributed by atoms with E-state index < -0.39 is 12.4 Å². The minimum atomic E-state index is -4.72. The van der Waals surface area contributed by atoms with E-state index in [1.54, 1.807) is 6.07 Å². The standard InChI is InChI=1S/C12H9BrF3NOS.ClH/c13-8-4-7(11(17)10-2-1-3-19-10)5-9(6-8)18-12(14,15)16;/h1-6,11H,17H2;1H/t11-;/m1./s1. The minimum absolute atomic E-state index is 0. The van der Waals surface area contributed by atoms with Gasteiger partial charge in [0.05, 0.1) is 6.04 Å². The summed E-state index contributed by atoms with van der Waals surface area (Å²) in [5.41, 5.74) is 6.57. The topological polar surface area (TPSA) is 35.2 Å². The predicted octanol–water partition coefficient (Wildman–Crippen LogP) is 4.88. The van der Waals surface area contributed by atoms with Gasteiger partial charge in [0.15, 0.2) is 0 Å². The van der Waals surface area contributed by atoms with Crippen LogP contribution in [0.4, 0.5) is 13.2 Å². The summed E-state index contributed by atoms with van der Waals surface area (Å²) in [4.78, 5) is 0.871. The molecule has 1 aromatic heterocycles. The lowest BCUT2D eigenvalue weighted by Gasteiger charge is -2.14. The Hall–Kier alpha value is -0.760. The van der Waals surface area contributed by atoms with Gasteiger partial charge in [-0.2, -0.15) is 0 Å². The second-order valence-corrected chi connectivity index (χ2v) is 5.66. The molecular formula is C12H10BrClF3NOS. The first kappa shape index (κ1) is 17.3. The summed E-state index contributed by atoms with van der Waals surface area (Å²) >= 11 is 4.60. The number of halogens is 5. The molecule has 0 unspecified atom stereocenters. The van der Waals surface area contributed by atoms with Crippen molar-refractivity contribution in [2.45, 2.75) is 12.4 Å². The molecule has 8 heteroatoms. The van der Waals surface area contributed by atoms with Crippen molar-refractivity contribution in [2.75, 3.05) is 0 Å². The zero-order chi connectivity index (χ0) is 14.0. The van der Waals surface area contributed by atoms with E-state index in [0.717, 1.165) is 4.88 Å². The Kier molecular flexibility index (Phi) is 5.88. The van der Waals surface area contributed by atoms with Crippen LogP contribution < -0.4 is 10.5 Å². The van der Waals surface area contributed by atoms with E-state index in [1.165, 1.54) is 23.5 Å². The van der Waals surface area contributed by atoms with E-state index in [4.69, 9.17) is 5.73 Å². The normalized spacial score (nSPS) is 12.7. The highest BCUT2D eigenvalue weighted by Gasteiger charge is 2.31. The Labute approximate surface area is 132 Å². The molecule has 20 heavy (non-hydrogen) atoms. The average molecular weight is 389 g/mol. The number of thiophene rings is 1. The molecule has 1 heterocycles. The number of nitrogens with two attached hydrogens (primary N) is 1. The quantitative estimate of drug-likeness (QED) is 0.813. The van der Waals surface area contributed by atoms with Crippen LogP contribution in [0.15, 0.2) is 40.2 Å². The van der Waals surface area contributed by atoms with Crippen LogP contribution in [0.25, 0.3) is 0 Å². The summed E-state index contributed by atoms with van der Waals surface area (Å²) < 4.78 is 41.0. The van der Waals surface area contributed by atoms with Crippen LogP contribution in [-0.4, -0.2) is 6.36 Å². The second kappa shape index (κ2) is 6.80. The number of hydrogen-bond donors (Lipinski definition) is 1. The summed E-state index contributed by atoms with van der Waals surface area (Å²) in [6, 6.07) is 7.41. The zero-order valence-corrected chi connectivity index (χ0v) is 13.1. The maximum absolute atomic E-state index is 12.2. The van der Waals surface area contributed by atoms with Crippen molar-refractivity contribution in [3.63, 3.8) is 0 Å². The molecule has 0 aliphatic heterocycles. The molecule has 0 saturated carbocycles. The van der Waals surface area contributed by atoms with Gasteiger partial charge in [0.2, 0.25) is 0 Å². The largest absolute Gasteiger partial charge is 0.573 e. The Morgan fingerprint density at radius 3 is 2.50 bits per heavy atom. The molecule has 0 amide bonds. The van der Waals surface area contributed by atoms with Gasteiger partial charge in [-0.25, -0.2) is 0 Å². The lowest BCUT2D eigenvalue weighted by atomic mass is 10.1. The fourth-order valence-corrected chi connectivity index (χ4v) is 2.83. The highest BCUT2D eigenvalue weighted by Crippen LogP contribution is 2.32. The monoisotopic (exact) mass is 387 g/mol. The molecule has 0 spiro atoms. The van der Waals surface area contributed by atoms with Crippen LogP contribution in [0.2, 0.25) is 0 Å². The van der Waals surface area contributed by atoms with E-state index in [2.05, 4.69) is 20.7 Å². The molecule has 1 aromatic carbocycles. The van der Waals surface area contributed by atoms with Gasteiger partial charge in [0, 0.05) is 9.35 Å². The Balaban J connectivity index is 0.00000200. The van der Waals surface area contributed by atoms with Crippen LogP contribution >= 0.6 is 39.7 Å². The van der Waals surface area contributed by atoms with E-state index in [1.807, 2.05) is 17.5 Å². The number of benzene rings is 1. The van der Waals surface area contributed by atoms with E-state index in [9.17, 15) is 13.2 Å². The molecule has 0 radical (unpaired) electrons. The zero-order valence-electron chi connectivity index (χ0n) is 9.86. The summed E-state index contributed by atoms with van der Waals surface area (Å²) in [6.07, 6.45) is -4.72. The second-order valence-electron chi connectivity index (χ2n) is 3.76.